The van der Waals surface area contributed by atoms with Gasteiger partial charge in [-0.25, -0.2) is 9.59 Å². The molecule has 8 nitrogen and oxygen atoms in total. The molecular weight excluding hydrogens is 292 g/mol. The Morgan fingerprint density at radius 3 is 2.55 bits per heavy atom. The molecule has 2 rings (SSSR count). The Labute approximate surface area is 128 Å². The maximum atomic E-state index is 9.55. The Morgan fingerprint density at radius 1 is 1.45 bits per heavy atom. The number of aliphatic carboxylic acids is 2. The molecule has 122 valence electrons. The van der Waals surface area contributed by atoms with Crippen LogP contribution >= 0.6 is 0 Å². The van der Waals surface area contributed by atoms with Crippen LogP contribution in [0.3, 0.4) is 0 Å². The second kappa shape index (κ2) is 8.96. The first-order valence-electron chi connectivity index (χ1n) is 6.72. The Hall–Kier alpha value is -2.19. The summed E-state index contributed by atoms with van der Waals surface area (Å²) in [6.07, 6.45) is 3.52. The molecule has 1 atom stereocenters. The molecule has 0 saturated carbocycles. The number of likely N-dealkylation sites (tertiary alicyclic amines) is 1. The van der Waals surface area contributed by atoms with Gasteiger partial charge in [0.15, 0.2) is 5.76 Å². The van der Waals surface area contributed by atoms with Crippen LogP contribution in [0, 0.1) is 0 Å². The number of carboxylic acids is 2. The van der Waals surface area contributed by atoms with E-state index in [0.717, 1.165) is 24.4 Å². The van der Waals surface area contributed by atoms with Gasteiger partial charge >= 0.3 is 11.9 Å². The van der Waals surface area contributed by atoms with Gasteiger partial charge in [-0.2, -0.15) is 0 Å². The number of ether oxygens (including phenoxy) is 1. The summed E-state index contributed by atoms with van der Waals surface area (Å²) in [6, 6.07) is 2.41. The van der Waals surface area contributed by atoms with Crippen LogP contribution in [0.25, 0.3) is 0 Å². The zero-order valence-electron chi connectivity index (χ0n) is 12.6. The summed E-state index contributed by atoms with van der Waals surface area (Å²) in [5.74, 6) is -1.54. The van der Waals surface area contributed by atoms with Gasteiger partial charge in [0, 0.05) is 25.3 Å². The summed E-state index contributed by atoms with van der Waals surface area (Å²) in [7, 11) is 3.78. The quantitative estimate of drug-likeness (QED) is 0.782. The lowest BCUT2D eigenvalue weighted by Crippen LogP contribution is -2.16. The van der Waals surface area contributed by atoms with Crippen molar-refractivity contribution in [3.05, 3.63) is 29.7 Å². The SMILES string of the molecule is COCc1cc([C@@H]2CCCN2C)on1.O=C(O)/C=C/C(=O)O. The van der Waals surface area contributed by atoms with E-state index < -0.39 is 11.9 Å². The predicted molar refractivity (Wildman–Crippen MR) is 76.2 cm³/mol. The Balaban J connectivity index is 0.000000261. The summed E-state index contributed by atoms with van der Waals surface area (Å²) in [5, 5.41) is 19.6. The fraction of sp³-hybridized carbons (Fsp3) is 0.500. The van der Waals surface area contributed by atoms with Gasteiger partial charge in [0.25, 0.3) is 0 Å². The minimum Gasteiger partial charge on any atom is -0.478 e. The lowest BCUT2D eigenvalue weighted by atomic mass is 10.1. The average molecular weight is 312 g/mol. The molecule has 8 heteroatoms. The van der Waals surface area contributed by atoms with Crippen molar-refractivity contribution in [1.82, 2.24) is 10.1 Å². The van der Waals surface area contributed by atoms with Gasteiger partial charge in [-0.05, 0) is 26.4 Å². The third kappa shape index (κ3) is 6.06. The number of hydrogen-bond donors (Lipinski definition) is 2. The van der Waals surface area contributed by atoms with Gasteiger partial charge in [0.2, 0.25) is 0 Å². The molecule has 0 radical (unpaired) electrons. The minimum atomic E-state index is -1.26. The van der Waals surface area contributed by atoms with Crippen molar-refractivity contribution in [2.75, 3.05) is 20.7 Å². The number of rotatable bonds is 5. The largest absolute Gasteiger partial charge is 0.478 e. The van der Waals surface area contributed by atoms with Gasteiger partial charge in [-0.15, -0.1) is 0 Å². The van der Waals surface area contributed by atoms with Crippen LogP contribution in [-0.4, -0.2) is 52.9 Å². The summed E-state index contributed by atoms with van der Waals surface area (Å²) in [6.45, 7) is 1.67. The van der Waals surface area contributed by atoms with Gasteiger partial charge in [-0.3, -0.25) is 4.90 Å². The molecule has 1 aromatic rings. The number of carbonyl (C=O) groups is 2. The van der Waals surface area contributed by atoms with Crippen molar-refractivity contribution in [1.29, 1.82) is 0 Å². The number of nitrogens with zero attached hydrogens (tertiary/aromatic N) is 2. The van der Waals surface area contributed by atoms with Gasteiger partial charge in [-0.1, -0.05) is 5.16 Å². The number of carboxylic acid groups (broad SMARTS) is 2. The van der Waals surface area contributed by atoms with Gasteiger partial charge < -0.3 is 19.5 Å². The topological polar surface area (TPSA) is 113 Å². The van der Waals surface area contributed by atoms with E-state index in [1.54, 1.807) is 7.11 Å². The zero-order valence-corrected chi connectivity index (χ0v) is 12.6. The Kier molecular flexibility index (Phi) is 7.27. The lowest BCUT2D eigenvalue weighted by molar-refractivity contribution is -0.134. The van der Waals surface area contributed by atoms with Crippen molar-refractivity contribution in [3.63, 3.8) is 0 Å². The van der Waals surface area contributed by atoms with Crippen molar-refractivity contribution in [3.8, 4) is 0 Å². The fourth-order valence-corrected chi connectivity index (χ4v) is 2.11. The molecule has 0 spiro atoms. The van der Waals surface area contributed by atoms with Crippen molar-refractivity contribution in [2.45, 2.75) is 25.5 Å². The third-order valence-electron chi connectivity index (χ3n) is 3.09. The molecule has 1 aliphatic rings. The summed E-state index contributed by atoms with van der Waals surface area (Å²) in [5.41, 5.74) is 0.878. The van der Waals surface area contributed by atoms with Crippen LogP contribution < -0.4 is 0 Å². The van der Waals surface area contributed by atoms with Crippen LogP contribution in [0.5, 0.6) is 0 Å². The summed E-state index contributed by atoms with van der Waals surface area (Å²) in [4.78, 5) is 21.4. The standard InChI is InChI=1S/C10H16N2O2.C4H4O4/c1-12-5-3-4-9(12)10-6-8(7-13-2)11-14-10;5-3(6)1-2-4(7)8/h6,9H,3-5,7H2,1-2H3;1-2H,(H,5,6)(H,7,8)/b;2-1+/t9-;/m0./s1. The van der Waals surface area contributed by atoms with Crippen molar-refractivity contribution < 1.29 is 29.1 Å². The molecule has 2 heterocycles. The highest BCUT2D eigenvalue weighted by molar-refractivity contribution is 5.89. The maximum Gasteiger partial charge on any atom is 0.328 e. The van der Waals surface area contributed by atoms with Crippen LogP contribution in [0.1, 0.15) is 30.3 Å². The van der Waals surface area contributed by atoms with Crippen LogP contribution in [0.4, 0.5) is 0 Å². The molecule has 0 aromatic carbocycles. The number of aromatic nitrogens is 1. The van der Waals surface area contributed by atoms with E-state index in [1.165, 1.54) is 6.42 Å². The first-order valence-corrected chi connectivity index (χ1v) is 6.72. The van der Waals surface area contributed by atoms with E-state index in [9.17, 15) is 9.59 Å². The highest BCUT2D eigenvalue weighted by Gasteiger charge is 2.26. The molecule has 0 bridgehead atoms. The Morgan fingerprint density at radius 2 is 2.09 bits per heavy atom. The maximum absolute atomic E-state index is 9.55. The van der Waals surface area contributed by atoms with E-state index in [-0.39, 0.29) is 0 Å². The molecule has 1 fully saturated rings. The van der Waals surface area contributed by atoms with Crippen molar-refractivity contribution in [2.24, 2.45) is 0 Å². The molecule has 1 aromatic heterocycles. The normalized spacial score (nSPS) is 18.2. The predicted octanol–water partition coefficient (Wildman–Crippen LogP) is 1.30. The first kappa shape index (κ1) is 17.9. The summed E-state index contributed by atoms with van der Waals surface area (Å²) < 4.78 is 10.3. The highest BCUT2D eigenvalue weighted by Crippen LogP contribution is 2.30. The van der Waals surface area contributed by atoms with E-state index >= 15 is 0 Å². The van der Waals surface area contributed by atoms with Crippen molar-refractivity contribution >= 4 is 11.9 Å². The molecule has 1 saturated heterocycles. The van der Waals surface area contributed by atoms with Crippen LogP contribution in [-0.2, 0) is 20.9 Å². The average Bonchev–Trinajstić information content (AvgIpc) is 3.06. The highest BCUT2D eigenvalue weighted by atomic mass is 16.5. The van der Waals surface area contributed by atoms with Crippen LogP contribution in [0.15, 0.2) is 22.7 Å². The second-order valence-electron chi connectivity index (χ2n) is 4.80. The monoisotopic (exact) mass is 312 g/mol. The van der Waals surface area contributed by atoms with E-state index in [1.807, 2.05) is 6.07 Å². The summed E-state index contributed by atoms with van der Waals surface area (Å²) >= 11 is 0. The molecule has 0 unspecified atom stereocenters. The smallest absolute Gasteiger partial charge is 0.328 e. The number of methoxy groups -OCH3 is 1. The lowest BCUT2D eigenvalue weighted by Gasteiger charge is -2.15. The minimum absolute atomic E-state index is 0.410. The second-order valence-corrected chi connectivity index (χ2v) is 4.80. The molecule has 0 amide bonds. The van der Waals surface area contributed by atoms with Crippen LogP contribution in [0.2, 0.25) is 0 Å². The Bertz CT molecular complexity index is 509. The third-order valence-corrected chi connectivity index (χ3v) is 3.09. The molecule has 22 heavy (non-hydrogen) atoms. The van der Waals surface area contributed by atoms with E-state index in [2.05, 4.69) is 17.1 Å². The molecule has 1 aliphatic heterocycles. The van der Waals surface area contributed by atoms with E-state index in [0.29, 0.717) is 24.8 Å². The molecule has 2 N–H and O–H groups in total. The fourth-order valence-electron chi connectivity index (χ4n) is 2.11. The zero-order chi connectivity index (χ0) is 16.5. The molecular formula is C14H20N2O6. The first-order chi connectivity index (χ1) is 10.4. The van der Waals surface area contributed by atoms with E-state index in [4.69, 9.17) is 19.5 Å². The molecule has 0 aliphatic carbocycles. The number of hydrogen-bond acceptors (Lipinski definition) is 6. The van der Waals surface area contributed by atoms with Gasteiger partial charge in [0.1, 0.15) is 5.69 Å². The van der Waals surface area contributed by atoms with Gasteiger partial charge in [0.05, 0.1) is 12.6 Å².